The maximum absolute atomic E-state index is 11.6. The number of carbonyl (C=O) groups is 1. The highest BCUT2D eigenvalue weighted by molar-refractivity contribution is 7.09. The van der Waals surface area contributed by atoms with Gasteiger partial charge >= 0.3 is 5.97 Å². The van der Waals surface area contributed by atoms with Crippen molar-refractivity contribution in [3.8, 4) is 0 Å². The molecule has 0 aliphatic carbocycles. The van der Waals surface area contributed by atoms with Crippen LogP contribution in [0.25, 0.3) is 0 Å². The molecule has 1 saturated heterocycles. The van der Waals surface area contributed by atoms with Crippen molar-refractivity contribution in [2.75, 3.05) is 31.8 Å². The number of morpholine rings is 1. The molecule has 16 heavy (non-hydrogen) atoms. The van der Waals surface area contributed by atoms with E-state index in [1.807, 2.05) is 11.8 Å². The number of anilines is 1. The fourth-order valence-corrected chi connectivity index (χ4v) is 2.32. The predicted octanol–water partition coefficient (Wildman–Crippen LogP) is 0.225. The Morgan fingerprint density at radius 1 is 1.69 bits per heavy atom. The van der Waals surface area contributed by atoms with Crippen LogP contribution in [-0.2, 0) is 14.3 Å². The summed E-state index contributed by atoms with van der Waals surface area (Å²) in [7, 11) is 1.38. The van der Waals surface area contributed by atoms with Gasteiger partial charge in [-0.25, -0.2) is 9.78 Å². The number of aryl methyl sites for hydroxylation is 1. The molecule has 0 spiro atoms. The van der Waals surface area contributed by atoms with Gasteiger partial charge in [0, 0.05) is 18.1 Å². The number of hydrogen-bond donors (Lipinski definition) is 0. The summed E-state index contributed by atoms with van der Waals surface area (Å²) >= 11 is 1.29. The third-order valence-electron chi connectivity index (χ3n) is 2.36. The van der Waals surface area contributed by atoms with Crippen LogP contribution in [-0.4, -0.2) is 48.2 Å². The Kier molecular flexibility index (Phi) is 3.35. The average molecular weight is 243 g/mol. The van der Waals surface area contributed by atoms with Crippen molar-refractivity contribution < 1.29 is 14.3 Å². The number of nitrogens with zero attached hydrogens (tertiary/aromatic N) is 3. The second kappa shape index (κ2) is 4.75. The van der Waals surface area contributed by atoms with E-state index in [4.69, 9.17) is 9.47 Å². The van der Waals surface area contributed by atoms with Gasteiger partial charge < -0.3 is 14.4 Å². The van der Waals surface area contributed by atoms with Crippen molar-refractivity contribution in [2.45, 2.75) is 13.0 Å². The Bertz CT molecular complexity index is 382. The minimum atomic E-state index is -0.411. The Labute approximate surface area is 97.3 Å². The molecule has 1 aromatic rings. The van der Waals surface area contributed by atoms with Crippen LogP contribution < -0.4 is 4.90 Å². The fraction of sp³-hybridized carbons (Fsp3) is 0.667. The third-order valence-corrected chi connectivity index (χ3v) is 3.21. The van der Waals surface area contributed by atoms with Gasteiger partial charge in [0.15, 0.2) is 6.04 Å². The lowest BCUT2D eigenvalue weighted by Crippen LogP contribution is -2.50. The van der Waals surface area contributed by atoms with Gasteiger partial charge in [-0.15, -0.1) is 0 Å². The molecule has 7 heteroatoms. The second-order valence-corrected chi connectivity index (χ2v) is 4.16. The Morgan fingerprint density at radius 2 is 2.50 bits per heavy atom. The lowest BCUT2D eigenvalue weighted by molar-refractivity contribution is -0.144. The monoisotopic (exact) mass is 243 g/mol. The zero-order chi connectivity index (χ0) is 11.5. The van der Waals surface area contributed by atoms with E-state index >= 15 is 0 Å². The van der Waals surface area contributed by atoms with Crippen molar-refractivity contribution in [2.24, 2.45) is 0 Å². The maximum atomic E-state index is 11.6. The molecule has 0 N–H and O–H groups in total. The summed E-state index contributed by atoms with van der Waals surface area (Å²) in [5.41, 5.74) is 0. The molecule has 0 radical (unpaired) electrons. The first-order chi connectivity index (χ1) is 7.72. The van der Waals surface area contributed by atoms with E-state index in [1.165, 1.54) is 18.6 Å². The molecular formula is C9H13N3O3S. The molecular weight excluding hydrogens is 230 g/mol. The van der Waals surface area contributed by atoms with Gasteiger partial charge in [0.2, 0.25) is 5.13 Å². The first kappa shape index (κ1) is 11.3. The highest BCUT2D eigenvalue weighted by Crippen LogP contribution is 2.22. The second-order valence-electron chi connectivity index (χ2n) is 3.43. The molecule has 0 aromatic carbocycles. The molecule has 2 rings (SSSR count). The smallest absolute Gasteiger partial charge is 0.330 e. The van der Waals surface area contributed by atoms with Crippen LogP contribution in [0.5, 0.6) is 0 Å². The minimum Gasteiger partial charge on any atom is -0.467 e. The first-order valence-corrected chi connectivity index (χ1v) is 5.72. The van der Waals surface area contributed by atoms with Crippen LogP contribution in [0.2, 0.25) is 0 Å². The van der Waals surface area contributed by atoms with Gasteiger partial charge in [-0.1, -0.05) is 0 Å². The Morgan fingerprint density at radius 3 is 3.12 bits per heavy atom. The highest BCUT2D eigenvalue weighted by atomic mass is 32.1. The third kappa shape index (κ3) is 2.14. The summed E-state index contributed by atoms with van der Waals surface area (Å²) < 4.78 is 14.1. The predicted molar refractivity (Wildman–Crippen MR) is 58.6 cm³/mol. The van der Waals surface area contributed by atoms with Crippen LogP contribution in [0, 0.1) is 6.92 Å². The zero-order valence-corrected chi connectivity index (χ0v) is 9.99. The van der Waals surface area contributed by atoms with Crippen molar-refractivity contribution in [3.63, 3.8) is 0 Å². The fourth-order valence-electron chi connectivity index (χ4n) is 1.57. The quantitative estimate of drug-likeness (QED) is 0.693. The summed E-state index contributed by atoms with van der Waals surface area (Å²) in [5, 5.41) is 0.746. The molecule has 1 fully saturated rings. The van der Waals surface area contributed by atoms with Crippen LogP contribution in [0.4, 0.5) is 5.13 Å². The van der Waals surface area contributed by atoms with E-state index < -0.39 is 6.04 Å². The van der Waals surface area contributed by atoms with Gasteiger partial charge in [-0.3, -0.25) is 0 Å². The molecule has 88 valence electrons. The van der Waals surface area contributed by atoms with Crippen molar-refractivity contribution in [1.82, 2.24) is 9.36 Å². The van der Waals surface area contributed by atoms with Crippen LogP contribution in [0.3, 0.4) is 0 Å². The molecule has 1 atom stereocenters. The zero-order valence-electron chi connectivity index (χ0n) is 9.17. The number of carbonyl (C=O) groups excluding carboxylic acids is 1. The normalized spacial score (nSPS) is 20.9. The molecule has 1 aliphatic rings. The number of aromatic nitrogens is 2. The molecule has 1 unspecified atom stereocenters. The minimum absolute atomic E-state index is 0.299. The summed E-state index contributed by atoms with van der Waals surface area (Å²) in [6, 6.07) is -0.411. The summed E-state index contributed by atoms with van der Waals surface area (Å²) in [4.78, 5) is 17.7. The SMILES string of the molecule is COC(=O)C1COCCN1c1nc(C)ns1. The number of rotatable bonds is 2. The molecule has 0 bridgehead atoms. The number of ether oxygens (including phenoxy) is 2. The first-order valence-electron chi connectivity index (χ1n) is 4.95. The number of esters is 1. The van der Waals surface area contributed by atoms with Crippen LogP contribution in [0.1, 0.15) is 5.82 Å². The van der Waals surface area contributed by atoms with Crippen molar-refractivity contribution in [3.05, 3.63) is 5.82 Å². The van der Waals surface area contributed by atoms with E-state index in [-0.39, 0.29) is 5.97 Å². The topological polar surface area (TPSA) is 64.6 Å². The largest absolute Gasteiger partial charge is 0.467 e. The van der Waals surface area contributed by atoms with Gasteiger partial charge in [-0.2, -0.15) is 4.37 Å². The lowest BCUT2D eigenvalue weighted by Gasteiger charge is -2.32. The Hall–Kier alpha value is -1.21. The summed E-state index contributed by atoms with van der Waals surface area (Å²) in [6.45, 7) is 3.39. The molecule has 0 saturated carbocycles. The molecule has 2 heterocycles. The van der Waals surface area contributed by atoms with Gasteiger partial charge in [-0.05, 0) is 6.92 Å². The molecule has 0 amide bonds. The number of hydrogen-bond acceptors (Lipinski definition) is 7. The highest BCUT2D eigenvalue weighted by Gasteiger charge is 2.32. The number of methoxy groups -OCH3 is 1. The van der Waals surface area contributed by atoms with Gasteiger partial charge in [0.25, 0.3) is 0 Å². The molecule has 6 nitrogen and oxygen atoms in total. The van der Waals surface area contributed by atoms with E-state index in [2.05, 4.69) is 9.36 Å². The van der Waals surface area contributed by atoms with Crippen molar-refractivity contribution in [1.29, 1.82) is 0 Å². The molecule has 1 aromatic heterocycles. The average Bonchev–Trinajstić information content (AvgIpc) is 2.75. The van der Waals surface area contributed by atoms with E-state index in [9.17, 15) is 4.79 Å². The van der Waals surface area contributed by atoms with Gasteiger partial charge in [0.1, 0.15) is 5.82 Å². The van der Waals surface area contributed by atoms with Crippen molar-refractivity contribution >= 4 is 22.6 Å². The Balaban J connectivity index is 2.19. The molecule has 1 aliphatic heterocycles. The van der Waals surface area contributed by atoms with Crippen LogP contribution in [0.15, 0.2) is 0 Å². The van der Waals surface area contributed by atoms with E-state index in [0.717, 1.165) is 11.0 Å². The lowest BCUT2D eigenvalue weighted by atomic mass is 10.2. The van der Waals surface area contributed by atoms with Crippen LogP contribution >= 0.6 is 11.5 Å². The maximum Gasteiger partial charge on any atom is 0.330 e. The standard InChI is InChI=1S/C9H13N3O3S/c1-6-10-9(16-11-6)12-3-4-15-5-7(12)8(13)14-2/h7H,3-5H2,1-2H3. The van der Waals surface area contributed by atoms with E-state index in [0.29, 0.717) is 19.8 Å². The van der Waals surface area contributed by atoms with E-state index in [1.54, 1.807) is 0 Å². The summed E-state index contributed by atoms with van der Waals surface area (Å²) in [6.07, 6.45) is 0. The summed E-state index contributed by atoms with van der Waals surface area (Å²) in [5.74, 6) is 0.419. The van der Waals surface area contributed by atoms with Gasteiger partial charge in [0.05, 0.1) is 20.3 Å².